The molecular weight excluding hydrogens is 320 g/mol. The van der Waals surface area contributed by atoms with Crippen LogP contribution < -0.4 is 10.6 Å². The van der Waals surface area contributed by atoms with Crippen LogP contribution in [-0.4, -0.2) is 59.5 Å². The SMILES string of the molecule is COCCNCCNC(=O)Cn1nnc(-c2ccccc2)n1.Cl. The second-order valence-electron chi connectivity index (χ2n) is 4.60. The number of carbonyl (C=O) groups excluding carboxylic acids is 1. The summed E-state index contributed by atoms with van der Waals surface area (Å²) in [5.74, 6) is 0.361. The van der Waals surface area contributed by atoms with E-state index in [0.717, 1.165) is 12.1 Å². The molecule has 0 radical (unpaired) electrons. The van der Waals surface area contributed by atoms with Crippen LogP contribution in [0.3, 0.4) is 0 Å². The molecule has 0 bridgehead atoms. The van der Waals surface area contributed by atoms with E-state index in [1.165, 1.54) is 4.80 Å². The van der Waals surface area contributed by atoms with Crippen LogP contribution >= 0.6 is 12.4 Å². The lowest BCUT2D eigenvalue weighted by atomic mass is 10.2. The van der Waals surface area contributed by atoms with Gasteiger partial charge in [0.05, 0.1) is 6.61 Å². The third-order valence-electron chi connectivity index (χ3n) is 2.88. The molecule has 1 aromatic carbocycles. The molecule has 0 fully saturated rings. The Labute approximate surface area is 141 Å². The van der Waals surface area contributed by atoms with Gasteiger partial charge in [-0.3, -0.25) is 4.79 Å². The Kier molecular flexibility index (Phi) is 8.81. The standard InChI is InChI=1S/C14H20N6O2.ClH/c1-22-10-9-15-7-8-16-13(21)11-20-18-14(17-19-20)12-5-3-2-4-6-12;/h2-6,15H,7-11H2,1H3,(H,16,21);1H. The van der Waals surface area contributed by atoms with Crippen LogP contribution in [-0.2, 0) is 16.1 Å². The topological polar surface area (TPSA) is 94.0 Å². The van der Waals surface area contributed by atoms with Crippen molar-refractivity contribution in [3.8, 4) is 11.4 Å². The molecule has 2 N–H and O–H groups in total. The Balaban J connectivity index is 0.00000264. The van der Waals surface area contributed by atoms with Gasteiger partial charge >= 0.3 is 0 Å². The lowest BCUT2D eigenvalue weighted by Crippen LogP contribution is -2.35. The predicted octanol–water partition coefficient (Wildman–Crippen LogP) is 0.114. The van der Waals surface area contributed by atoms with Crippen molar-refractivity contribution in [3.63, 3.8) is 0 Å². The molecule has 9 heteroatoms. The summed E-state index contributed by atoms with van der Waals surface area (Å²) < 4.78 is 4.91. The second kappa shape index (κ2) is 10.7. The fourth-order valence-corrected chi connectivity index (χ4v) is 1.79. The summed E-state index contributed by atoms with van der Waals surface area (Å²) >= 11 is 0. The zero-order valence-electron chi connectivity index (χ0n) is 12.9. The lowest BCUT2D eigenvalue weighted by molar-refractivity contribution is -0.122. The van der Waals surface area contributed by atoms with E-state index in [1.54, 1.807) is 7.11 Å². The van der Waals surface area contributed by atoms with Crippen molar-refractivity contribution in [1.29, 1.82) is 0 Å². The van der Waals surface area contributed by atoms with E-state index >= 15 is 0 Å². The number of amides is 1. The number of benzene rings is 1. The molecule has 126 valence electrons. The zero-order valence-corrected chi connectivity index (χ0v) is 13.8. The van der Waals surface area contributed by atoms with Crippen LogP contribution in [0.4, 0.5) is 0 Å². The van der Waals surface area contributed by atoms with Gasteiger partial charge in [0, 0.05) is 32.3 Å². The van der Waals surface area contributed by atoms with Crippen molar-refractivity contribution in [3.05, 3.63) is 30.3 Å². The normalized spacial score (nSPS) is 10.1. The quantitative estimate of drug-likeness (QED) is 0.629. The molecule has 0 saturated carbocycles. The van der Waals surface area contributed by atoms with Gasteiger partial charge in [-0.05, 0) is 5.21 Å². The number of ether oxygens (including phenoxy) is 1. The molecule has 8 nitrogen and oxygen atoms in total. The number of tetrazole rings is 1. The fraction of sp³-hybridized carbons (Fsp3) is 0.429. The summed E-state index contributed by atoms with van der Waals surface area (Å²) in [6.07, 6.45) is 0. The van der Waals surface area contributed by atoms with E-state index in [1.807, 2.05) is 30.3 Å². The number of halogens is 1. The summed E-state index contributed by atoms with van der Waals surface area (Å²) in [5, 5.41) is 17.9. The third kappa shape index (κ3) is 6.72. The van der Waals surface area contributed by atoms with E-state index < -0.39 is 0 Å². The molecule has 0 aliphatic heterocycles. The van der Waals surface area contributed by atoms with Crippen molar-refractivity contribution in [2.75, 3.05) is 33.4 Å². The minimum atomic E-state index is -0.148. The van der Waals surface area contributed by atoms with Crippen LogP contribution in [0.1, 0.15) is 0 Å². The molecule has 1 heterocycles. The van der Waals surface area contributed by atoms with Gasteiger partial charge in [-0.25, -0.2) is 0 Å². The van der Waals surface area contributed by atoms with Crippen molar-refractivity contribution >= 4 is 18.3 Å². The number of aromatic nitrogens is 4. The molecule has 2 aromatic rings. The maximum atomic E-state index is 11.8. The van der Waals surface area contributed by atoms with Crippen molar-refractivity contribution in [1.82, 2.24) is 30.8 Å². The molecule has 0 saturated heterocycles. The Morgan fingerprint density at radius 2 is 2.00 bits per heavy atom. The molecule has 23 heavy (non-hydrogen) atoms. The summed E-state index contributed by atoms with van der Waals surface area (Å²) in [7, 11) is 1.65. The Morgan fingerprint density at radius 3 is 2.74 bits per heavy atom. The Bertz CT molecular complexity index is 578. The van der Waals surface area contributed by atoms with Gasteiger partial charge in [0.1, 0.15) is 6.54 Å². The molecule has 0 aliphatic rings. The largest absolute Gasteiger partial charge is 0.383 e. The number of hydrogen-bond acceptors (Lipinski definition) is 6. The van der Waals surface area contributed by atoms with E-state index in [4.69, 9.17) is 4.74 Å². The highest BCUT2D eigenvalue weighted by Crippen LogP contribution is 2.11. The molecule has 0 spiro atoms. The lowest BCUT2D eigenvalue weighted by Gasteiger charge is -2.05. The number of hydrogen-bond donors (Lipinski definition) is 2. The number of methoxy groups -OCH3 is 1. The highest BCUT2D eigenvalue weighted by atomic mass is 35.5. The van der Waals surface area contributed by atoms with Crippen LogP contribution in [0.5, 0.6) is 0 Å². The van der Waals surface area contributed by atoms with E-state index in [9.17, 15) is 4.79 Å². The second-order valence-corrected chi connectivity index (χ2v) is 4.60. The average Bonchev–Trinajstić information content (AvgIpc) is 3.00. The van der Waals surface area contributed by atoms with Crippen molar-refractivity contribution < 1.29 is 9.53 Å². The summed E-state index contributed by atoms with van der Waals surface area (Å²) in [6, 6.07) is 9.51. The van der Waals surface area contributed by atoms with E-state index in [-0.39, 0.29) is 24.9 Å². The van der Waals surface area contributed by atoms with Gasteiger partial charge in [-0.2, -0.15) is 4.80 Å². The minimum absolute atomic E-state index is 0. The van der Waals surface area contributed by atoms with Gasteiger partial charge in [-0.15, -0.1) is 22.6 Å². The molecule has 1 amide bonds. The number of rotatable bonds is 9. The molecular formula is C14H21ClN6O2. The summed E-state index contributed by atoms with van der Waals surface area (Å²) in [5.41, 5.74) is 0.872. The monoisotopic (exact) mass is 340 g/mol. The van der Waals surface area contributed by atoms with E-state index in [0.29, 0.717) is 25.5 Å². The first-order valence-corrected chi connectivity index (χ1v) is 7.09. The molecule has 0 atom stereocenters. The molecule has 1 aromatic heterocycles. The number of nitrogens with one attached hydrogen (secondary N) is 2. The number of nitrogens with zero attached hydrogens (tertiary/aromatic N) is 4. The first kappa shape index (κ1) is 19.0. The Hall–Kier alpha value is -2.03. The van der Waals surface area contributed by atoms with Crippen LogP contribution in [0.2, 0.25) is 0 Å². The third-order valence-corrected chi connectivity index (χ3v) is 2.88. The summed E-state index contributed by atoms with van der Waals surface area (Å²) in [6.45, 7) is 2.70. The van der Waals surface area contributed by atoms with Gasteiger partial charge in [0.15, 0.2) is 0 Å². The van der Waals surface area contributed by atoms with Gasteiger partial charge < -0.3 is 15.4 Å². The van der Waals surface area contributed by atoms with Gasteiger partial charge in [-0.1, -0.05) is 30.3 Å². The van der Waals surface area contributed by atoms with Crippen molar-refractivity contribution in [2.24, 2.45) is 0 Å². The van der Waals surface area contributed by atoms with Crippen LogP contribution in [0.15, 0.2) is 30.3 Å². The number of carbonyl (C=O) groups is 1. The fourth-order valence-electron chi connectivity index (χ4n) is 1.79. The highest BCUT2D eigenvalue weighted by molar-refractivity contribution is 5.85. The zero-order chi connectivity index (χ0) is 15.6. The highest BCUT2D eigenvalue weighted by Gasteiger charge is 2.08. The molecule has 0 unspecified atom stereocenters. The first-order valence-electron chi connectivity index (χ1n) is 7.09. The summed E-state index contributed by atoms with van der Waals surface area (Å²) in [4.78, 5) is 13.0. The van der Waals surface area contributed by atoms with Crippen molar-refractivity contribution in [2.45, 2.75) is 6.54 Å². The maximum Gasteiger partial charge on any atom is 0.243 e. The molecule has 2 rings (SSSR count). The van der Waals surface area contributed by atoms with Gasteiger partial charge in [0.25, 0.3) is 0 Å². The average molecular weight is 341 g/mol. The smallest absolute Gasteiger partial charge is 0.243 e. The minimum Gasteiger partial charge on any atom is -0.383 e. The maximum absolute atomic E-state index is 11.8. The first-order chi connectivity index (χ1) is 10.8. The van der Waals surface area contributed by atoms with E-state index in [2.05, 4.69) is 26.0 Å². The van der Waals surface area contributed by atoms with Crippen LogP contribution in [0, 0.1) is 0 Å². The van der Waals surface area contributed by atoms with Gasteiger partial charge in [0.2, 0.25) is 11.7 Å². The predicted molar refractivity (Wildman–Crippen MR) is 88.3 cm³/mol. The van der Waals surface area contributed by atoms with Crippen LogP contribution in [0.25, 0.3) is 11.4 Å². The Morgan fingerprint density at radius 1 is 1.22 bits per heavy atom. The molecule has 0 aliphatic carbocycles.